The van der Waals surface area contributed by atoms with Crippen LogP contribution < -0.4 is 5.59 Å². The fourth-order valence-corrected chi connectivity index (χ4v) is 0.960. The topological polar surface area (TPSA) is 58.3 Å². The molecule has 0 aliphatic rings. The molecule has 1 heterocycles. The molecule has 1 aromatic heterocycles. The van der Waals surface area contributed by atoms with Crippen LogP contribution in [0.1, 0.15) is 19.8 Å². The number of hydrogen-bond donors (Lipinski definition) is 2. The summed E-state index contributed by atoms with van der Waals surface area (Å²) in [5, 5.41) is 21.4. The predicted octanol–water partition coefficient (Wildman–Crippen LogP) is -0.637. The molecule has 4 nitrogen and oxygen atoms in total. The predicted molar refractivity (Wildman–Crippen MR) is 47.0 cm³/mol. The first-order valence-corrected chi connectivity index (χ1v) is 4.13. The Balaban J connectivity index is 2.52. The van der Waals surface area contributed by atoms with Gasteiger partial charge in [-0.2, -0.15) is 5.10 Å². The van der Waals surface area contributed by atoms with E-state index >= 15 is 0 Å². The van der Waals surface area contributed by atoms with Gasteiger partial charge in [0.25, 0.3) is 0 Å². The number of aryl methyl sites for hydroxylation is 1. The fourth-order valence-electron chi connectivity index (χ4n) is 0.960. The second-order valence-corrected chi connectivity index (χ2v) is 2.73. The van der Waals surface area contributed by atoms with Crippen LogP contribution in [0.4, 0.5) is 0 Å². The van der Waals surface area contributed by atoms with Crippen LogP contribution in [0.2, 0.25) is 0 Å². The van der Waals surface area contributed by atoms with E-state index in [0.717, 1.165) is 19.4 Å². The fraction of sp³-hybridized carbons (Fsp3) is 0.571. The van der Waals surface area contributed by atoms with Crippen LogP contribution in [-0.2, 0) is 6.54 Å². The van der Waals surface area contributed by atoms with E-state index in [-0.39, 0.29) is 0 Å². The maximum absolute atomic E-state index is 8.74. The Labute approximate surface area is 72.0 Å². The van der Waals surface area contributed by atoms with Gasteiger partial charge < -0.3 is 10.0 Å². The summed E-state index contributed by atoms with van der Waals surface area (Å²) in [4.78, 5) is 0. The highest BCUT2D eigenvalue weighted by atomic mass is 16.4. The normalized spacial score (nSPS) is 10.2. The Morgan fingerprint density at radius 2 is 2.33 bits per heavy atom. The number of nitrogens with zero attached hydrogens (tertiary/aromatic N) is 2. The van der Waals surface area contributed by atoms with Gasteiger partial charge in [0.05, 0.1) is 5.59 Å². The van der Waals surface area contributed by atoms with Gasteiger partial charge in [-0.15, -0.1) is 0 Å². The van der Waals surface area contributed by atoms with E-state index < -0.39 is 7.12 Å². The summed E-state index contributed by atoms with van der Waals surface area (Å²) in [5.74, 6) is 0. The minimum absolute atomic E-state index is 0.311. The molecule has 12 heavy (non-hydrogen) atoms. The van der Waals surface area contributed by atoms with Crippen LogP contribution in [0.3, 0.4) is 0 Å². The van der Waals surface area contributed by atoms with Crippen LogP contribution >= 0.6 is 0 Å². The highest BCUT2D eigenvalue weighted by Crippen LogP contribution is 1.91. The van der Waals surface area contributed by atoms with Gasteiger partial charge in [0.1, 0.15) is 0 Å². The molecule has 2 N–H and O–H groups in total. The first-order valence-electron chi connectivity index (χ1n) is 4.13. The van der Waals surface area contributed by atoms with Crippen molar-refractivity contribution in [3.05, 3.63) is 12.3 Å². The minimum Gasteiger partial charge on any atom is -0.422 e. The zero-order valence-corrected chi connectivity index (χ0v) is 7.14. The number of aromatic nitrogens is 2. The summed E-state index contributed by atoms with van der Waals surface area (Å²) in [6.45, 7) is 2.94. The zero-order valence-electron chi connectivity index (χ0n) is 7.14. The Morgan fingerprint density at radius 1 is 1.58 bits per heavy atom. The smallest absolute Gasteiger partial charge is 0.422 e. The van der Waals surface area contributed by atoms with Crippen LogP contribution in [0, 0.1) is 0 Å². The third-order valence-electron chi connectivity index (χ3n) is 1.67. The molecule has 0 radical (unpaired) electrons. The quantitative estimate of drug-likeness (QED) is 0.588. The van der Waals surface area contributed by atoms with Gasteiger partial charge >= 0.3 is 7.12 Å². The molecule has 0 amide bonds. The van der Waals surface area contributed by atoms with Gasteiger partial charge in [-0.3, -0.25) is 4.68 Å². The lowest BCUT2D eigenvalue weighted by molar-refractivity contribution is 0.423. The van der Waals surface area contributed by atoms with Gasteiger partial charge in [0.2, 0.25) is 0 Å². The average molecular weight is 168 g/mol. The number of hydrogen-bond acceptors (Lipinski definition) is 3. The van der Waals surface area contributed by atoms with Gasteiger partial charge in [0.15, 0.2) is 0 Å². The molecule has 0 aromatic carbocycles. The van der Waals surface area contributed by atoms with Crippen molar-refractivity contribution in [1.29, 1.82) is 0 Å². The monoisotopic (exact) mass is 168 g/mol. The van der Waals surface area contributed by atoms with Crippen molar-refractivity contribution >= 4 is 12.7 Å². The summed E-state index contributed by atoms with van der Waals surface area (Å²) in [6.07, 6.45) is 3.92. The second-order valence-electron chi connectivity index (χ2n) is 2.73. The first-order chi connectivity index (χ1) is 5.74. The van der Waals surface area contributed by atoms with Gasteiger partial charge in [-0.05, 0) is 12.5 Å². The Morgan fingerprint density at radius 3 is 2.83 bits per heavy atom. The van der Waals surface area contributed by atoms with E-state index in [1.165, 1.54) is 0 Å². The molecule has 1 rings (SSSR count). The van der Waals surface area contributed by atoms with E-state index in [1.807, 2.05) is 0 Å². The maximum Gasteiger partial charge on any atom is 0.510 e. The van der Waals surface area contributed by atoms with E-state index in [4.69, 9.17) is 10.0 Å². The maximum atomic E-state index is 8.74. The van der Waals surface area contributed by atoms with Crippen molar-refractivity contribution in [3.63, 3.8) is 0 Å². The standard InChI is InChI=1S/C7H13BN2O2/c1-2-3-5-10-6-4-7(9-10)8(11)12/h4,6,11-12H,2-3,5H2,1H3. The van der Waals surface area contributed by atoms with E-state index in [0.29, 0.717) is 5.59 Å². The van der Waals surface area contributed by atoms with Crippen molar-refractivity contribution in [1.82, 2.24) is 9.78 Å². The van der Waals surface area contributed by atoms with E-state index in [1.54, 1.807) is 16.9 Å². The van der Waals surface area contributed by atoms with Crippen molar-refractivity contribution in [2.75, 3.05) is 0 Å². The molecule has 0 atom stereocenters. The summed E-state index contributed by atoms with van der Waals surface area (Å²) < 4.78 is 1.72. The SMILES string of the molecule is CCCCn1ccc(B(O)O)n1. The molecule has 0 aliphatic heterocycles. The molecule has 0 saturated carbocycles. The molecule has 66 valence electrons. The van der Waals surface area contributed by atoms with Crippen LogP contribution in [0.5, 0.6) is 0 Å². The van der Waals surface area contributed by atoms with Crippen molar-refractivity contribution in [2.24, 2.45) is 0 Å². The average Bonchev–Trinajstić information content (AvgIpc) is 2.48. The molecular formula is C7H13BN2O2. The molecular weight excluding hydrogens is 155 g/mol. The molecule has 0 bridgehead atoms. The second kappa shape index (κ2) is 4.28. The Hall–Kier alpha value is -0.805. The van der Waals surface area contributed by atoms with Crippen LogP contribution in [-0.4, -0.2) is 26.9 Å². The van der Waals surface area contributed by atoms with E-state index in [2.05, 4.69) is 12.0 Å². The van der Waals surface area contributed by atoms with Gasteiger partial charge in [-0.1, -0.05) is 13.3 Å². The number of unbranched alkanes of at least 4 members (excludes halogenated alkanes) is 1. The number of rotatable bonds is 4. The highest BCUT2D eigenvalue weighted by molar-refractivity contribution is 6.57. The molecule has 0 saturated heterocycles. The first kappa shape index (κ1) is 9.28. The largest absolute Gasteiger partial charge is 0.510 e. The molecule has 5 heteroatoms. The third-order valence-corrected chi connectivity index (χ3v) is 1.67. The summed E-state index contributed by atoms with van der Waals surface area (Å²) in [5.41, 5.74) is 0.311. The minimum atomic E-state index is -1.45. The lowest BCUT2D eigenvalue weighted by Gasteiger charge is -1.97. The van der Waals surface area contributed by atoms with Crippen molar-refractivity contribution in [2.45, 2.75) is 26.3 Å². The molecule has 1 aromatic rings. The summed E-state index contributed by atoms with van der Waals surface area (Å²) >= 11 is 0. The van der Waals surface area contributed by atoms with Crippen molar-refractivity contribution < 1.29 is 10.0 Å². The molecule has 0 spiro atoms. The van der Waals surface area contributed by atoms with Gasteiger partial charge in [-0.25, -0.2) is 0 Å². The van der Waals surface area contributed by atoms with E-state index in [9.17, 15) is 0 Å². The Kier molecular flexibility index (Phi) is 3.31. The molecule has 0 fully saturated rings. The Bertz CT molecular complexity index is 237. The van der Waals surface area contributed by atoms with Crippen LogP contribution in [0.25, 0.3) is 0 Å². The molecule has 0 aliphatic carbocycles. The lowest BCUT2D eigenvalue weighted by atomic mass is 9.87. The van der Waals surface area contributed by atoms with Crippen LogP contribution in [0.15, 0.2) is 12.3 Å². The summed E-state index contributed by atoms with van der Waals surface area (Å²) in [6, 6.07) is 1.61. The lowest BCUT2D eigenvalue weighted by Crippen LogP contribution is -2.31. The third kappa shape index (κ3) is 2.35. The summed E-state index contributed by atoms with van der Waals surface area (Å²) in [7, 11) is -1.45. The molecule has 0 unspecified atom stereocenters. The van der Waals surface area contributed by atoms with Gasteiger partial charge in [0, 0.05) is 12.7 Å². The zero-order chi connectivity index (χ0) is 8.97. The highest BCUT2D eigenvalue weighted by Gasteiger charge is 2.13. The van der Waals surface area contributed by atoms with Crippen molar-refractivity contribution in [3.8, 4) is 0 Å².